The zero-order valence-electron chi connectivity index (χ0n) is 13.1. The van der Waals surface area contributed by atoms with E-state index in [9.17, 15) is 4.79 Å². The normalized spacial score (nSPS) is 18.4. The largest absolute Gasteiger partial charge is 0.388 e. The summed E-state index contributed by atoms with van der Waals surface area (Å²) in [6.07, 6.45) is 9.83. The lowest BCUT2D eigenvalue weighted by Gasteiger charge is -2.23. The minimum absolute atomic E-state index is 0.253. The quantitative estimate of drug-likeness (QED) is 0.708. The van der Waals surface area contributed by atoms with Gasteiger partial charge in [-0.2, -0.15) is 0 Å². The monoisotopic (exact) mass is 285 g/mol. The molecule has 0 bridgehead atoms. The van der Waals surface area contributed by atoms with E-state index in [1.54, 1.807) is 0 Å². The van der Waals surface area contributed by atoms with Crippen LogP contribution in [-0.4, -0.2) is 12.3 Å². The van der Waals surface area contributed by atoms with Crippen molar-refractivity contribution >= 4 is 5.78 Å². The SMILES string of the molecule is CCCCCCCNC1=CC(=O)C[C@H](c2ccccc2)C1. The van der Waals surface area contributed by atoms with Crippen molar-refractivity contribution in [2.45, 2.75) is 57.8 Å². The van der Waals surface area contributed by atoms with Gasteiger partial charge in [0.2, 0.25) is 0 Å². The smallest absolute Gasteiger partial charge is 0.158 e. The molecule has 114 valence electrons. The van der Waals surface area contributed by atoms with Gasteiger partial charge in [0.05, 0.1) is 0 Å². The van der Waals surface area contributed by atoms with Crippen molar-refractivity contribution in [3.05, 3.63) is 47.7 Å². The molecule has 2 heteroatoms. The Hall–Kier alpha value is -1.57. The Kier molecular flexibility index (Phi) is 6.52. The van der Waals surface area contributed by atoms with Gasteiger partial charge in [0, 0.05) is 24.7 Å². The molecule has 1 atom stereocenters. The van der Waals surface area contributed by atoms with E-state index in [1.807, 2.05) is 12.1 Å². The molecule has 0 radical (unpaired) electrons. The van der Waals surface area contributed by atoms with Crippen LogP contribution in [0, 0.1) is 0 Å². The molecule has 0 saturated carbocycles. The first-order chi connectivity index (χ1) is 10.3. The molecule has 2 rings (SSSR count). The second kappa shape index (κ2) is 8.66. The van der Waals surface area contributed by atoms with Crippen molar-refractivity contribution in [3.8, 4) is 0 Å². The van der Waals surface area contributed by atoms with Crippen LogP contribution in [0.4, 0.5) is 0 Å². The maximum absolute atomic E-state index is 11.9. The summed E-state index contributed by atoms with van der Waals surface area (Å²) in [5.41, 5.74) is 2.40. The molecule has 1 N–H and O–H groups in total. The molecular formula is C19H27NO. The highest BCUT2D eigenvalue weighted by Gasteiger charge is 2.21. The minimum atomic E-state index is 0.253. The van der Waals surface area contributed by atoms with Gasteiger partial charge in [-0.1, -0.05) is 62.9 Å². The summed E-state index contributed by atoms with van der Waals surface area (Å²) in [5.74, 6) is 0.592. The predicted octanol–water partition coefficient (Wildman–Crippen LogP) is 4.58. The van der Waals surface area contributed by atoms with Crippen LogP contribution in [0.15, 0.2) is 42.1 Å². The summed E-state index contributed by atoms with van der Waals surface area (Å²) < 4.78 is 0. The maximum Gasteiger partial charge on any atom is 0.158 e. The first kappa shape index (κ1) is 15.8. The third kappa shape index (κ3) is 5.37. The molecule has 0 heterocycles. The molecule has 21 heavy (non-hydrogen) atoms. The number of carbonyl (C=O) groups excluding carboxylic acids is 1. The van der Waals surface area contributed by atoms with E-state index in [0.717, 1.165) is 18.7 Å². The second-order valence-corrected chi connectivity index (χ2v) is 5.99. The van der Waals surface area contributed by atoms with Gasteiger partial charge in [-0.05, 0) is 24.3 Å². The zero-order valence-corrected chi connectivity index (χ0v) is 13.1. The second-order valence-electron chi connectivity index (χ2n) is 5.99. The van der Waals surface area contributed by atoms with Crippen LogP contribution in [-0.2, 0) is 4.79 Å². The number of unbranched alkanes of at least 4 members (excludes halogenated alkanes) is 4. The van der Waals surface area contributed by atoms with Crippen molar-refractivity contribution in [1.82, 2.24) is 5.32 Å². The van der Waals surface area contributed by atoms with Crippen LogP contribution in [0.3, 0.4) is 0 Å². The Morgan fingerprint density at radius 2 is 1.81 bits per heavy atom. The topological polar surface area (TPSA) is 29.1 Å². The summed E-state index contributed by atoms with van der Waals surface area (Å²) >= 11 is 0. The fourth-order valence-electron chi connectivity index (χ4n) is 2.95. The number of benzene rings is 1. The Morgan fingerprint density at radius 3 is 2.57 bits per heavy atom. The van der Waals surface area contributed by atoms with Gasteiger partial charge in [0.25, 0.3) is 0 Å². The Balaban J connectivity index is 1.79. The molecule has 0 saturated heterocycles. The molecule has 1 aliphatic rings. The van der Waals surface area contributed by atoms with Gasteiger partial charge in [0.1, 0.15) is 0 Å². The van der Waals surface area contributed by atoms with E-state index in [2.05, 4.69) is 36.5 Å². The number of allylic oxidation sites excluding steroid dienone is 2. The molecule has 1 aliphatic carbocycles. The summed E-state index contributed by atoms with van der Waals surface area (Å²) in [7, 11) is 0. The van der Waals surface area contributed by atoms with Gasteiger partial charge in [-0.25, -0.2) is 0 Å². The van der Waals surface area contributed by atoms with Gasteiger partial charge in [0.15, 0.2) is 5.78 Å². The van der Waals surface area contributed by atoms with Gasteiger partial charge < -0.3 is 5.32 Å². The van der Waals surface area contributed by atoms with Gasteiger partial charge in [-0.15, -0.1) is 0 Å². The lowest BCUT2D eigenvalue weighted by atomic mass is 9.85. The van der Waals surface area contributed by atoms with E-state index >= 15 is 0 Å². The number of hydrogen-bond donors (Lipinski definition) is 1. The van der Waals surface area contributed by atoms with Crippen molar-refractivity contribution in [3.63, 3.8) is 0 Å². The first-order valence-corrected chi connectivity index (χ1v) is 8.32. The number of nitrogens with one attached hydrogen (secondary N) is 1. The highest BCUT2D eigenvalue weighted by atomic mass is 16.1. The average molecular weight is 285 g/mol. The van der Waals surface area contributed by atoms with Crippen LogP contribution in [0.1, 0.15) is 63.4 Å². The number of carbonyl (C=O) groups is 1. The van der Waals surface area contributed by atoms with Crippen molar-refractivity contribution in [2.75, 3.05) is 6.54 Å². The molecule has 0 fully saturated rings. The summed E-state index contributed by atoms with van der Waals surface area (Å²) in [5, 5.41) is 3.47. The molecule has 2 nitrogen and oxygen atoms in total. The summed E-state index contributed by atoms with van der Waals surface area (Å²) in [4.78, 5) is 11.9. The average Bonchev–Trinajstić information content (AvgIpc) is 2.51. The molecule has 1 aromatic rings. The number of ketones is 1. The lowest BCUT2D eigenvalue weighted by molar-refractivity contribution is -0.115. The highest BCUT2D eigenvalue weighted by molar-refractivity contribution is 5.91. The van der Waals surface area contributed by atoms with Gasteiger partial charge >= 0.3 is 0 Å². The standard InChI is InChI=1S/C19H27NO/c1-2-3-4-5-9-12-20-18-13-17(14-19(21)15-18)16-10-7-6-8-11-16/h6-8,10-11,15,17,20H,2-5,9,12-14H2,1H3/t17-/m1/s1. The predicted molar refractivity (Wildman–Crippen MR) is 88.3 cm³/mol. The van der Waals surface area contributed by atoms with E-state index in [-0.39, 0.29) is 5.78 Å². The van der Waals surface area contributed by atoms with Crippen LogP contribution < -0.4 is 5.32 Å². The van der Waals surface area contributed by atoms with E-state index in [4.69, 9.17) is 0 Å². The van der Waals surface area contributed by atoms with E-state index in [1.165, 1.54) is 37.7 Å². The third-order valence-electron chi connectivity index (χ3n) is 4.15. The molecule has 0 aromatic heterocycles. The molecule has 0 spiro atoms. The van der Waals surface area contributed by atoms with Crippen LogP contribution in [0.25, 0.3) is 0 Å². The summed E-state index contributed by atoms with van der Waals surface area (Å²) in [6.45, 7) is 3.23. The summed E-state index contributed by atoms with van der Waals surface area (Å²) in [6, 6.07) is 10.4. The Labute approximate surface area is 128 Å². The van der Waals surface area contributed by atoms with Crippen molar-refractivity contribution in [1.29, 1.82) is 0 Å². The number of hydrogen-bond acceptors (Lipinski definition) is 2. The van der Waals surface area contributed by atoms with E-state index < -0.39 is 0 Å². The van der Waals surface area contributed by atoms with E-state index in [0.29, 0.717) is 12.3 Å². The Morgan fingerprint density at radius 1 is 1.05 bits per heavy atom. The van der Waals surface area contributed by atoms with Crippen molar-refractivity contribution < 1.29 is 4.79 Å². The first-order valence-electron chi connectivity index (χ1n) is 8.32. The van der Waals surface area contributed by atoms with Crippen LogP contribution in [0.2, 0.25) is 0 Å². The highest BCUT2D eigenvalue weighted by Crippen LogP contribution is 2.30. The fraction of sp³-hybridized carbons (Fsp3) is 0.526. The minimum Gasteiger partial charge on any atom is -0.388 e. The molecular weight excluding hydrogens is 258 g/mol. The fourth-order valence-corrected chi connectivity index (χ4v) is 2.95. The third-order valence-corrected chi connectivity index (χ3v) is 4.15. The molecule has 1 aromatic carbocycles. The molecule has 0 amide bonds. The molecule has 0 unspecified atom stereocenters. The number of rotatable bonds is 8. The van der Waals surface area contributed by atoms with Crippen LogP contribution in [0.5, 0.6) is 0 Å². The zero-order chi connectivity index (χ0) is 14.9. The molecule has 0 aliphatic heterocycles. The van der Waals surface area contributed by atoms with Crippen molar-refractivity contribution in [2.24, 2.45) is 0 Å². The lowest BCUT2D eigenvalue weighted by Crippen LogP contribution is -2.22. The van der Waals surface area contributed by atoms with Crippen LogP contribution >= 0.6 is 0 Å². The van der Waals surface area contributed by atoms with Gasteiger partial charge in [-0.3, -0.25) is 4.79 Å². The maximum atomic E-state index is 11.9. The Bertz CT molecular complexity index is 464.